The van der Waals surface area contributed by atoms with Gasteiger partial charge < -0.3 is 9.73 Å². The summed E-state index contributed by atoms with van der Waals surface area (Å²) in [4.78, 5) is 36.0. The zero-order chi connectivity index (χ0) is 19.4. The van der Waals surface area contributed by atoms with E-state index >= 15 is 0 Å². The standard InChI is InChI=1S/C18H11Cl2N3O4/c19-11-5-6-13(20)14(7-11)22-17(25)18(26)23-21-8-10-9-27-15-4-2-1-3-12(15)16(10)24/h1-9H,(H,22,25)(H,23,26)/b21-8-. The second kappa shape index (κ2) is 8.03. The lowest BCUT2D eigenvalue weighted by atomic mass is 10.2. The average molecular weight is 404 g/mol. The molecule has 0 aliphatic carbocycles. The Kier molecular flexibility index (Phi) is 5.54. The summed E-state index contributed by atoms with van der Waals surface area (Å²) in [5.41, 5.74) is 2.44. The van der Waals surface area contributed by atoms with Crippen molar-refractivity contribution in [3.05, 3.63) is 74.6 Å². The number of nitrogens with one attached hydrogen (secondary N) is 2. The first-order valence-corrected chi connectivity index (χ1v) is 8.31. The van der Waals surface area contributed by atoms with E-state index in [1.165, 1.54) is 18.4 Å². The molecule has 136 valence electrons. The number of anilines is 1. The van der Waals surface area contributed by atoms with Crippen molar-refractivity contribution in [3.8, 4) is 0 Å². The number of hydrazone groups is 1. The number of halogens is 2. The number of benzene rings is 2. The summed E-state index contributed by atoms with van der Waals surface area (Å²) in [6.07, 6.45) is 2.31. The first-order chi connectivity index (χ1) is 13.0. The molecule has 3 aromatic rings. The van der Waals surface area contributed by atoms with Crippen LogP contribution in [-0.4, -0.2) is 18.0 Å². The number of nitrogens with zero attached hydrogens (tertiary/aromatic N) is 1. The monoisotopic (exact) mass is 403 g/mol. The summed E-state index contributed by atoms with van der Waals surface area (Å²) in [5, 5.41) is 6.86. The molecule has 7 nitrogen and oxygen atoms in total. The fourth-order valence-corrected chi connectivity index (χ4v) is 2.50. The summed E-state index contributed by atoms with van der Waals surface area (Å²) in [5.74, 6) is -2.05. The largest absolute Gasteiger partial charge is 0.463 e. The van der Waals surface area contributed by atoms with Crippen molar-refractivity contribution in [2.75, 3.05) is 5.32 Å². The van der Waals surface area contributed by atoms with Gasteiger partial charge in [0.15, 0.2) is 0 Å². The SMILES string of the molecule is O=C(N/N=C\c1coc2ccccc2c1=O)C(=O)Nc1cc(Cl)ccc1Cl. The summed E-state index contributed by atoms with van der Waals surface area (Å²) < 4.78 is 5.32. The predicted octanol–water partition coefficient (Wildman–Crippen LogP) is 3.19. The third kappa shape index (κ3) is 4.33. The number of hydrogen-bond acceptors (Lipinski definition) is 5. The molecule has 27 heavy (non-hydrogen) atoms. The van der Waals surface area contributed by atoms with E-state index in [0.29, 0.717) is 16.0 Å². The fraction of sp³-hybridized carbons (Fsp3) is 0. The third-order valence-corrected chi connectivity index (χ3v) is 4.02. The van der Waals surface area contributed by atoms with Gasteiger partial charge in [-0.2, -0.15) is 5.10 Å². The molecule has 0 aliphatic heterocycles. The maximum Gasteiger partial charge on any atom is 0.329 e. The van der Waals surface area contributed by atoms with Gasteiger partial charge in [-0.05, 0) is 30.3 Å². The molecule has 0 unspecified atom stereocenters. The van der Waals surface area contributed by atoms with Crippen LogP contribution in [0.5, 0.6) is 0 Å². The highest BCUT2D eigenvalue weighted by molar-refractivity contribution is 6.42. The van der Waals surface area contributed by atoms with Gasteiger partial charge in [0, 0.05) is 5.02 Å². The molecule has 0 radical (unpaired) electrons. The third-order valence-electron chi connectivity index (χ3n) is 3.46. The highest BCUT2D eigenvalue weighted by atomic mass is 35.5. The molecule has 0 atom stereocenters. The van der Waals surface area contributed by atoms with Gasteiger partial charge in [-0.3, -0.25) is 14.4 Å². The van der Waals surface area contributed by atoms with Gasteiger partial charge in [0.05, 0.1) is 27.9 Å². The van der Waals surface area contributed by atoms with E-state index in [0.717, 1.165) is 6.21 Å². The molecule has 0 aliphatic rings. The molecule has 0 fully saturated rings. The molecule has 2 amide bonds. The molecule has 2 aromatic carbocycles. The number of amides is 2. The van der Waals surface area contributed by atoms with Crippen molar-refractivity contribution in [2.45, 2.75) is 0 Å². The van der Waals surface area contributed by atoms with Gasteiger partial charge in [-0.15, -0.1) is 0 Å². The summed E-state index contributed by atoms with van der Waals surface area (Å²) in [6, 6.07) is 11.1. The van der Waals surface area contributed by atoms with Crippen molar-refractivity contribution < 1.29 is 14.0 Å². The number of para-hydroxylation sites is 1. The fourth-order valence-electron chi connectivity index (χ4n) is 2.17. The van der Waals surface area contributed by atoms with Crippen molar-refractivity contribution in [1.29, 1.82) is 0 Å². The van der Waals surface area contributed by atoms with Gasteiger partial charge in [-0.1, -0.05) is 35.3 Å². The zero-order valence-electron chi connectivity index (χ0n) is 13.5. The number of carbonyl (C=O) groups excluding carboxylic acids is 2. The smallest absolute Gasteiger partial charge is 0.329 e. The van der Waals surface area contributed by atoms with Gasteiger partial charge >= 0.3 is 11.8 Å². The van der Waals surface area contributed by atoms with Crippen molar-refractivity contribution >= 4 is 57.9 Å². The Labute approximate surface area is 162 Å². The lowest BCUT2D eigenvalue weighted by molar-refractivity contribution is -0.136. The van der Waals surface area contributed by atoms with Gasteiger partial charge in [-0.25, -0.2) is 5.43 Å². The zero-order valence-corrected chi connectivity index (χ0v) is 15.0. The molecular weight excluding hydrogens is 393 g/mol. The first-order valence-electron chi connectivity index (χ1n) is 7.55. The second-order valence-electron chi connectivity index (χ2n) is 5.29. The number of hydrogen-bond donors (Lipinski definition) is 2. The van der Waals surface area contributed by atoms with Crippen LogP contribution >= 0.6 is 23.2 Å². The second-order valence-corrected chi connectivity index (χ2v) is 6.14. The Morgan fingerprint density at radius 1 is 1.07 bits per heavy atom. The van der Waals surface area contributed by atoms with Crippen LogP contribution in [0.3, 0.4) is 0 Å². The van der Waals surface area contributed by atoms with Crippen LogP contribution in [0.25, 0.3) is 11.0 Å². The maximum atomic E-state index is 12.3. The van der Waals surface area contributed by atoms with Crippen molar-refractivity contribution in [1.82, 2.24) is 5.43 Å². The summed E-state index contributed by atoms with van der Waals surface area (Å²) in [7, 11) is 0. The van der Waals surface area contributed by atoms with E-state index in [1.54, 1.807) is 30.3 Å². The van der Waals surface area contributed by atoms with Crippen LogP contribution in [0.2, 0.25) is 10.0 Å². The Hall–Kier alpha value is -3.16. The molecule has 0 saturated carbocycles. The van der Waals surface area contributed by atoms with Gasteiger partial charge in [0.1, 0.15) is 11.8 Å². The molecule has 0 saturated heterocycles. The van der Waals surface area contributed by atoms with Gasteiger partial charge in [0.2, 0.25) is 5.43 Å². The molecule has 0 spiro atoms. The highest BCUT2D eigenvalue weighted by Crippen LogP contribution is 2.25. The Balaban J connectivity index is 1.68. The molecule has 3 rings (SSSR count). The van der Waals surface area contributed by atoms with E-state index in [-0.39, 0.29) is 21.7 Å². The summed E-state index contributed by atoms with van der Waals surface area (Å²) in [6.45, 7) is 0. The molecule has 1 heterocycles. The van der Waals surface area contributed by atoms with E-state index in [9.17, 15) is 14.4 Å². The van der Waals surface area contributed by atoms with Crippen molar-refractivity contribution in [3.63, 3.8) is 0 Å². The van der Waals surface area contributed by atoms with E-state index in [2.05, 4.69) is 10.4 Å². The Morgan fingerprint density at radius 3 is 2.67 bits per heavy atom. The average Bonchev–Trinajstić information content (AvgIpc) is 2.66. The predicted molar refractivity (Wildman–Crippen MR) is 103 cm³/mol. The minimum Gasteiger partial charge on any atom is -0.463 e. The Bertz CT molecular complexity index is 1130. The van der Waals surface area contributed by atoms with Crippen LogP contribution in [0, 0.1) is 0 Å². The highest BCUT2D eigenvalue weighted by Gasteiger charge is 2.15. The molecular formula is C18H11Cl2N3O4. The minimum atomic E-state index is -1.05. The van der Waals surface area contributed by atoms with Gasteiger partial charge in [0.25, 0.3) is 0 Å². The van der Waals surface area contributed by atoms with E-state index in [1.807, 2.05) is 5.43 Å². The topological polar surface area (TPSA) is 101 Å². The first kappa shape index (κ1) is 18.6. The van der Waals surface area contributed by atoms with Crippen LogP contribution in [0.1, 0.15) is 5.56 Å². The van der Waals surface area contributed by atoms with E-state index in [4.69, 9.17) is 27.6 Å². The minimum absolute atomic E-state index is 0.118. The molecule has 1 aromatic heterocycles. The number of fused-ring (bicyclic) bond motifs is 1. The number of carbonyl (C=O) groups is 2. The molecule has 2 N–H and O–H groups in total. The Morgan fingerprint density at radius 2 is 1.85 bits per heavy atom. The van der Waals surface area contributed by atoms with Crippen LogP contribution in [-0.2, 0) is 9.59 Å². The normalized spacial score (nSPS) is 10.9. The van der Waals surface area contributed by atoms with Crippen molar-refractivity contribution in [2.24, 2.45) is 5.10 Å². The lowest BCUT2D eigenvalue weighted by Gasteiger charge is -2.06. The maximum absolute atomic E-state index is 12.3. The van der Waals surface area contributed by atoms with Crippen LogP contribution in [0.4, 0.5) is 5.69 Å². The lowest BCUT2D eigenvalue weighted by Crippen LogP contribution is -2.32. The quantitative estimate of drug-likeness (QED) is 0.398. The summed E-state index contributed by atoms with van der Waals surface area (Å²) >= 11 is 11.7. The number of rotatable bonds is 3. The molecule has 0 bridgehead atoms. The van der Waals surface area contributed by atoms with E-state index < -0.39 is 11.8 Å². The molecule has 9 heteroatoms. The van der Waals surface area contributed by atoms with Crippen LogP contribution in [0.15, 0.2) is 63.0 Å². The van der Waals surface area contributed by atoms with Crippen LogP contribution < -0.4 is 16.2 Å².